The summed E-state index contributed by atoms with van der Waals surface area (Å²) in [5.41, 5.74) is 4.34. The van der Waals surface area contributed by atoms with Gasteiger partial charge >= 0.3 is 0 Å². The molecule has 1 unspecified atom stereocenters. The van der Waals surface area contributed by atoms with Crippen molar-refractivity contribution in [3.8, 4) is 0 Å². The minimum Gasteiger partial charge on any atom is -0.318 e. The topological polar surface area (TPSA) is 15.3 Å². The summed E-state index contributed by atoms with van der Waals surface area (Å²) < 4.78 is 0. The molecule has 3 rings (SSSR count). The average Bonchev–Trinajstić information content (AvgIpc) is 2.89. The largest absolute Gasteiger partial charge is 0.318 e. The van der Waals surface area contributed by atoms with E-state index < -0.39 is 0 Å². The molecular weight excluding hydrogens is 232 g/mol. The van der Waals surface area contributed by atoms with Crippen molar-refractivity contribution in [1.82, 2.24) is 10.2 Å². The predicted octanol–water partition coefficient (Wildman–Crippen LogP) is 2.96. The lowest BCUT2D eigenvalue weighted by Gasteiger charge is -2.27. The molecule has 0 aliphatic carbocycles. The van der Waals surface area contributed by atoms with Crippen LogP contribution in [0.4, 0.5) is 0 Å². The van der Waals surface area contributed by atoms with Crippen LogP contribution in [0.25, 0.3) is 0 Å². The minimum absolute atomic E-state index is 0.443. The molecule has 1 heterocycles. The molecule has 2 aromatic carbocycles. The molecule has 2 heteroatoms. The molecule has 98 valence electrons. The van der Waals surface area contributed by atoms with E-state index in [0.717, 1.165) is 19.6 Å². The van der Waals surface area contributed by atoms with Crippen LogP contribution in [0.2, 0.25) is 0 Å². The van der Waals surface area contributed by atoms with Crippen LogP contribution in [0.5, 0.6) is 0 Å². The maximum atomic E-state index is 3.33. The Morgan fingerprint density at radius 3 is 2.11 bits per heavy atom. The lowest BCUT2D eigenvalue weighted by atomic mass is 10.1. The summed E-state index contributed by atoms with van der Waals surface area (Å²) in [6.45, 7) is 3.09. The molecule has 19 heavy (non-hydrogen) atoms. The number of hydrogen-bond donors (Lipinski definition) is 1. The molecule has 0 fully saturated rings. The molecule has 0 saturated heterocycles. The third-order valence-electron chi connectivity index (χ3n) is 3.89. The number of benzene rings is 2. The lowest BCUT2D eigenvalue weighted by molar-refractivity contribution is 0.198. The molecule has 2 aromatic rings. The normalized spacial score (nSPS) is 16.3. The highest BCUT2D eigenvalue weighted by Gasteiger charge is 2.25. The Labute approximate surface area is 115 Å². The third kappa shape index (κ3) is 2.55. The van der Waals surface area contributed by atoms with E-state index >= 15 is 0 Å². The van der Waals surface area contributed by atoms with Gasteiger partial charge in [0, 0.05) is 25.7 Å². The quantitative estimate of drug-likeness (QED) is 0.900. The van der Waals surface area contributed by atoms with Crippen molar-refractivity contribution in [2.24, 2.45) is 0 Å². The first-order chi connectivity index (χ1) is 9.38. The average molecular weight is 252 g/mol. The maximum Gasteiger partial charge on any atom is 0.0479 e. The first-order valence-electron chi connectivity index (χ1n) is 6.89. The fraction of sp³-hybridized carbons (Fsp3) is 0.294. The molecule has 0 bridgehead atoms. The summed E-state index contributed by atoms with van der Waals surface area (Å²) in [6.07, 6.45) is 0. The Morgan fingerprint density at radius 2 is 1.53 bits per heavy atom. The number of fused-ring (bicyclic) bond motifs is 1. The van der Waals surface area contributed by atoms with Gasteiger partial charge in [0.05, 0.1) is 0 Å². The number of nitrogens with one attached hydrogen (secondary N) is 1. The minimum atomic E-state index is 0.443. The fourth-order valence-corrected chi connectivity index (χ4v) is 2.91. The van der Waals surface area contributed by atoms with Gasteiger partial charge in [0.15, 0.2) is 0 Å². The summed E-state index contributed by atoms with van der Waals surface area (Å²) in [5, 5.41) is 3.33. The number of nitrogens with zero attached hydrogens (tertiary/aromatic N) is 1. The van der Waals surface area contributed by atoms with E-state index in [2.05, 4.69) is 64.8 Å². The molecule has 1 aliphatic heterocycles. The second-order valence-corrected chi connectivity index (χ2v) is 5.16. The van der Waals surface area contributed by atoms with Crippen LogP contribution >= 0.6 is 0 Å². The van der Waals surface area contributed by atoms with Crippen molar-refractivity contribution in [2.75, 3.05) is 13.6 Å². The highest BCUT2D eigenvalue weighted by atomic mass is 15.2. The Kier molecular flexibility index (Phi) is 3.62. The first-order valence-corrected chi connectivity index (χ1v) is 6.89. The molecule has 1 aliphatic rings. The van der Waals surface area contributed by atoms with Crippen LogP contribution in [0.1, 0.15) is 22.7 Å². The second-order valence-electron chi connectivity index (χ2n) is 5.16. The summed E-state index contributed by atoms with van der Waals surface area (Å²) in [7, 11) is 2.03. The molecule has 1 N–H and O–H groups in total. The van der Waals surface area contributed by atoms with E-state index in [1.54, 1.807) is 0 Å². The zero-order chi connectivity index (χ0) is 13.1. The van der Waals surface area contributed by atoms with Crippen molar-refractivity contribution < 1.29 is 0 Å². The smallest absolute Gasteiger partial charge is 0.0479 e. The van der Waals surface area contributed by atoms with Gasteiger partial charge in [0.2, 0.25) is 0 Å². The van der Waals surface area contributed by atoms with E-state index in [-0.39, 0.29) is 0 Å². The van der Waals surface area contributed by atoms with Crippen LogP contribution in [-0.4, -0.2) is 18.5 Å². The highest BCUT2D eigenvalue weighted by molar-refractivity contribution is 5.31. The predicted molar refractivity (Wildman–Crippen MR) is 78.8 cm³/mol. The van der Waals surface area contributed by atoms with E-state index in [1.165, 1.54) is 16.7 Å². The van der Waals surface area contributed by atoms with Crippen LogP contribution in [0, 0.1) is 0 Å². The lowest BCUT2D eigenvalue weighted by Crippen LogP contribution is -2.31. The molecular formula is C17H20N2. The second kappa shape index (κ2) is 5.55. The van der Waals surface area contributed by atoms with Crippen LogP contribution in [0.15, 0.2) is 54.6 Å². The van der Waals surface area contributed by atoms with E-state index in [9.17, 15) is 0 Å². The first kappa shape index (κ1) is 12.4. The van der Waals surface area contributed by atoms with Gasteiger partial charge in [-0.25, -0.2) is 0 Å². The number of rotatable bonds is 4. The monoisotopic (exact) mass is 252 g/mol. The molecule has 0 amide bonds. The Hall–Kier alpha value is -1.64. The maximum absolute atomic E-state index is 3.33. The van der Waals surface area contributed by atoms with Crippen LogP contribution < -0.4 is 5.32 Å². The van der Waals surface area contributed by atoms with Gasteiger partial charge in [-0.15, -0.1) is 0 Å². The van der Waals surface area contributed by atoms with Crippen molar-refractivity contribution in [1.29, 1.82) is 0 Å². The van der Waals surface area contributed by atoms with Crippen molar-refractivity contribution in [3.63, 3.8) is 0 Å². The van der Waals surface area contributed by atoms with Gasteiger partial charge in [-0.3, -0.25) is 4.90 Å². The molecule has 0 saturated carbocycles. The Balaban J connectivity index is 1.84. The summed E-state index contributed by atoms with van der Waals surface area (Å²) >= 11 is 0. The standard InChI is InChI=1S/C17H20N2/c1-18-11-17(14-7-3-2-4-8-14)19-12-15-9-5-6-10-16(15)13-19/h2-10,17-18H,11-13H2,1H3. The molecule has 2 nitrogen and oxygen atoms in total. The van der Waals surface area contributed by atoms with Gasteiger partial charge in [0.1, 0.15) is 0 Å². The summed E-state index contributed by atoms with van der Waals surface area (Å²) in [5.74, 6) is 0. The zero-order valence-electron chi connectivity index (χ0n) is 11.3. The van der Waals surface area contributed by atoms with E-state index in [0.29, 0.717) is 6.04 Å². The fourth-order valence-electron chi connectivity index (χ4n) is 2.91. The third-order valence-corrected chi connectivity index (χ3v) is 3.89. The number of likely N-dealkylation sites (N-methyl/N-ethyl adjacent to an activating group) is 1. The summed E-state index contributed by atoms with van der Waals surface area (Å²) in [6, 6.07) is 20.0. The highest BCUT2D eigenvalue weighted by Crippen LogP contribution is 2.30. The molecule has 0 radical (unpaired) electrons. The van der Waals surface area contributed by atoms with Gasteiger partial charge in [-0.2, -0.15) is 0 Å². The Bertz CT molecular complexity index is 511. The van der Waals surface area contributed by atoms with Crippen LogP contribution in [0.3, 0.4) is 0 Å². The van der Waals surface area contributed by atoms with Gasteiger partial charge in [-0.1, -0.05) is 54.6 Å². The molecule has 0 aromatic heterocycles. The van der Waals surface area contributed by atoms with E-state index in [4.69, 9.17) is 0 Å². The van der Waals surface area contributed by atoms with Crippen molar-refractivity contribution >= 4 is 0 Å². The van der Waals surface area contributed by atoms with Gasteiger partial charge in [0.25, 0.3) is 0 Å². The van der Waals surface area contributed by atoms with Crippen LogP contribution in [-0.2, 0) is 13.1 Å². The zero-order valence-corrected chi connectivity index (χ0v) is 11.3. The SMILES string of the molecule is CNCC(c1ccccc1)N1Cc2ccccc2C1. The van der Waals surface area contributed by atoms with Crippen molar-refractivity contribution in [3.05, 3.63) is 71.3 Å². The molecule has 0 spiro atoms. The Morgan fingerprint density at radius 1 is 0.947 bits per heavy atom. The van der Waals surface area contributed by atoms with Gasteiger partial charge < -0.3 is 5.32 Å². The van der Waals surface area contributed by atoms with E-state index in [1.807, 2.05) is 7.05 Å². The molecule has 1 atom stereocenters. The van der Waals surface area contributed by atoms with Gasteiger partial charge in [-0.05, 0) is 23.7 Å². The van der Waals surface area contributed by atoms with Crippen molar-refractivity contribution in [2.45, 2.75) is 19.1 Å². The number of hydrogen-bond acceptors (Lipinski definition) is 2. The summed E-state index contributed by atoms with van der Waals surface area (Å²) in [4.78, 5) is 2.55.